The molecule has 2 fully saturated rings. The van der Waals surface area contributed by atoms with Gasteiger partial charge in [0.15, 0.2) is 0 Å². The number of pyridine rings is 1. The first kappa shape index (κ1) is 24.8. The number of aromatic nitrogens is 1. The second-order valence-corrected chi connectivity index (χ2v) is 8.74. The molecule has 0 aliphatic carbocycles. The Bertz CT molecular complexity index is 1120. The highest BCUT2D eigenvalue weighted by molar-refractivity contribution is 6.07. The molecule has 0 bridgehead atoms. The van der Waals surface area contributed by atoms with Crippen molar-refractivity contribution in [1.82, 2.24) is 25.4 Å². The van der Waals surface area contributed by atoms with E-state index in [2.05, 4.69) is 20.5 Å². The van der Waals surface area contributed by atoms with Crippen molar-refractivity contribution < 1.29 is 23.1 Å². The normalized spacial score (nSPS) is 19.9. The molecule has 2 amide bonds. The number of carbonyl (C=O) groups excluding carboxylic acids is 2. The molecule has 1 aromatic heterocycles. The van der Waals surface area contributed by atoms with Gasteiger partial charge in [0, 0.05) is 56.8 Å². The Hall–Kier alpha value is -3.36. The summed E-state index contributed by atoms with van der Waals surface area (Å²) in [6, 6.07) is 7.30. The molecule has 0 spiro atoms. The maximum atomic E-state index is 13.6. The number of hydrogen-bond acceptors (Lipinski definition) is 7. The Morgan fingerprint density at radius 1 is 1.29 bits per heavy atom. The van der Waals surface area contributed by atoms with Gasteiger partial charge in [0.2, 0.25) is 5.91 Å². The molecule has 0 radical (unpaired) electrons. The van der Waals surface area contributed by atoms with Crippen LogP contribution in [0.1, 0.15) is 23.2 Å². The highest BCUT2D eigenvalue weighted by Gasteiger charge is 2.47. The van der Waals surface area contributed by atoms with Crippen LogP contribution in [0.3, 0.4) is 0 Å². The Balaban J connectivity index is 1.33. The molecular formula is C24H28F2N6O3. The molecule has 3 heterocycles. The van der Waals surface area contributed by atoms with Gasteiger partial charge in [0.05, 0.1) is 36.8 Å². The maximum absolute atomic E-state index is 13.6. The summed E-state index contributed by atoms with van der Waals surface area (Å²) in [5.41, 5.74) is 0.865. The predicted octanol–water partition coefficient (Wildman–Crippen LogP) is 1.40. The average molecular weight is 487 g/mol. The van der Waals surface area contributed by atoms with Gasteiger partial charge in [-0.3, -0.25) is 14.6 Å². The van der Waals surface area contributed by atoms with Crippen LogP contribution >= 0.6 is 0 Å². The summed E-state index contributed by atoms with van der Waals surface area (Å²) < 4.78 is 33.0. The zero-order valence-corrected chi connectivity index (χ0v) is 19.3. The summed E-state index contributed by atoms with van der Waals surface area (Å²) >= 11 is 0. The minimum Gasteiger partial charge on any atom is -0.493 e. The Kier molecular flexibility index (Phi) is 7.73. The molecule has 4 rings (SSSR count). The molecule has 2 aromatic rings. The monoisotopic (exact) mass is 486 g/mol. The Morgan fingerprint density at radius 2 is 2.09 bits per heavy atom. The molecular weight excluding hydrogens is 458 g/mol. The topological polar surface area (TPSA) is 111 Å². The van der Waals surface area contributed by atoms with Crippen molar-refractivity contribution in [2.24, 2.45) is 0 Å². The summed E-state index contributed by atoms with van der Waals surface area (Å²) in [5.74, 6) is -3.71. The lowest BCUT2D eigenvalue weighted by atomic mass is 10.1. The largest absolute Gasteiger partial charge is 0.493 e. The molecule has 2 N–H and O–H groups in total. The number of piperazine rings is 1. The number of carbonyl (C=O) groups is 2. The summed E-state index contributed by atoms with van der Waals surface area (Å²) in [4.78, 5) is 32.6. The van der Waals surface area contributed by atoms with Crippen LogP contribution in [0, 0.1) is 11.3 Å². The van der Waals surface area contributed by atoms with Gasteiger partial charge in [-0.1, -0.05) is 0 Å². The van der Waals surface area contributed by atoms with Gasteiger partial charge in [-0.15, -0.1) is 0 Å². The quantitative estimate of drug-likeness (QED) is 0.543. The van der Waals surface area contributed by atoms with E-state index in [0.717, 1.165) is 44.0 Å². The fourth-order valence-corrected chi connectivity index (χ4v) is 4.38. The SMILES string of the molecule is N#C[C@@H]1CC(F)(F)CN1C(=O)CNC(=O)c1ccnc2cc(OCCCN3CCNCC3)ccc12. The highest BCUT2D eigenvalue weighted by atomic mass is 19.3. The van der Waals surface area contributed by atoms with Crippen molar-refractivity contribution >= 4 is 22.7 Å². The molecule has 9 nitrogen and oxygen atoms in total. The third kappa shape index (κ3) is 6.21. The number of alkyl halides is 2. The van der Waals surface area contributed by atoms with Crippen LogP contribution in [0.15, 0.2) is 30.5 Å². The molecule has 11 heteroatoms. The van der Waals surface area contributed by atoms with Gasteiger partial charge in [-0.25, -0.2) is 8.78 Å². The summed E-state index contributed by atoms with van der Waals surface area (Å²) in [7, 11) is 0. The number of likely N-dealkylation sites (tertiary alicyclic amines) is 1. The van der Waals surface area contributed by atoms with E-state index in [4.69, 9.17) is 10.00 Å². The molecule has 2 aliphatic rings. The first-order chi connectivity index (χ1) is 16.9. The molecule has 1 aromatic carbocycles. The van der Waals surface area contributed by atoms with Crippen molar-refractivity contribution in [3.63, 3.8) is 0 Å². The van der Waals surface area contributed by atoms with Crippen LogP contribution in [0.25, 0.3) is 10.9 Å². The van der Waals surface area contributed by atoms with Gasteiger partial charge in [-0.05, 0) is 24.6 Å². The van der Waals surface area contributed by atoms with E-state index >= 15 is 0 Å². The zero-order valence-electron chi connectivity index (χ0n) is 19.3. The maximum Gasteiger partial charge on any atom is 0.268 e. The number of halogens is 2. The van der Waals surface area contributed by atoms with Crippen LogP contribution in [-0.4, -0.2) is 91.0 Å². The van der Waals surface area contributed by atoms with Gasteiger partial charge in [0.1, 0.15) is 11.8 Å². The predicted molar refractivity (Wildman–Crippen MR) is 124 cm³/mol. The molecule has 2 saturated heterocycles. The molecule has 0 saturated carbocycles. The number of amides is 2. The zero-order chi connectivity index (χ0) is 24.8. The lowest BCUT2D eigenvalue weighted by Crippen LogP contribution is -2.43. The van der Waals surface area contributed by atoms with Crippen molar-refractivity contribution in [2.45, 2.75) is 24.8 Å². The van der Waals surface area contributed by atoms with E-state index in [0.29, 0.717) is 28.8 Å². The van der Waals surface area contributed by atoms with Gasteiger partial charge >= 0.3 is 0 Å². The number of nitriles is 1. The summed E-state index contributed by atoms with van der Waals surface area (Å²) in [6.07, 6.45) is 1.69. The molecule has 2 aliphatic heterocycles. The molecule has 186 valence electrons. The first-order valence-electron chi connectivity index (χ1n) is 11.7. The lowest BCUT2D eigenvalue weighted by molar-refractivity contribution is -0.131. The highest BCUT2D eigenvalue weighted by Crippen LogP contribution is 2.31. The van der Waals surface area contributed by atoms with Gasteiger partial charge < -0.3 is 25.2 Å². The van der Waals surface area contributed by atoms with Crippen molar-refractivity contribution in [2.75, 3.05) is 52.4 Å². The Morgan fingerprint density at radius 3 is 2.86 bits per heavy atom. The number of fused-ring (bicyclic) bond motifs is 1. The number of benzene rings is 1. The fraction of sp³-hybridized carbons (Fsp3) is 0.500. The fourth-order valence-electron chi connectivity index (χ4n) is 4.38. The second-order valence-electron chi connectivity index (χ2n) is 8.74. The third-order valence-electron chi connectivity index (χ3n) is 6.20. The van der Waals surface area contributed by atoms with E-state index in [1.54, 1.807) is 24.3 Å². The number of rotatable bonds is 8. The van der Waals surface area contributed by atoms with Crippen molar-refractivity contribution in [1.29, 1.82) is 5.26 Å². The minimum atomic E-state index is -3.10. The van der Waals surface area contributed by atoms with E-state index in [9.17, 15) is 18.4 Å². The average Bonchev–Trinajstić information content (AvgIpc) is 3.19. The third-order valence-corrected chi connectivity index (χ3v) is 6.20. The minimum absolute atomic E-state index is 0.302. The number of hydrogen-bond donors (Lipinski definition) is 2. The molecule has 0 unspecified atom stereocenters. The smallest absolute Gasteiger partial charge is 0.268 e. The number of nitrogens with zero attached hydrogens (tertiary/aromatic N) is 4. The second kappa shape index (κ2) is 10.9. The van der Waals surface area contributed by atoms with E-state index in [1.807, 2.05) is 0 Å². The first-order valence-corrected chi connectivity index (χ1v) is 11.7. The van der Waals surface area contributed by atoms with Crippen LogP contribution in [0.4, 0.5) is 8.78 Å². The Labute approximate surface area is 202 Å². The van der Waals surface area contributed by atoms with Crippen LogP contribution in [0.5, 0.6) is 5.75 Å². The van der Waals surface area contributed by atoms with Gasteiger partial charge in [0.25, 0.3) is 11.8 Å². The molecule has 35 heavy (non-hydrogen) atoms. The van der Waals surface area contributed by atoms with Crippen LogP contribution < -0.4 is 15.4 Å². The van der Waals surface area contributed by atoms with Crippen molar-refractivity contribution in [3.05, 3.63) is 36.0 Å². The number of ether oxygens (including phenoxy) is 1. The lowest BCUT2D eigenvalue weighted by Gasteiger charge is -2.26. The van der Waals surface area contributed by atoms with Crippen LogP contribution in [-0.2, 0) is 4.79 Å². The van der Waals surface area contributed by atoms with Crippen molar-refractivity contribution in [3.8, 4) is 11.8 Å². The van der Waals surface area contributed by atoms with E-state index in [-0.39, 0.29) is 0 Å². The van der Waals surface area contributed by atoms with Crippen LogP contribution in [0.2, 0.25) is 0 Å². The summed E-state index contributed by atoms with van der Waals surface area (Å²) in [6.45, 7) is 4.34. The van der Waals surface area contributed by atoms with E-state index in [1.165, 1.54) is 12.3 Å². The molecule has 1 atom stereocenters. The standard InChI is InChI=1S/C24H28F2N6O3/c25-24(26)13-17(14-27)32(16-24)22(33)15-30-23(34)20-4-5-29-21-12-18(2-3-19(20)21)35-11-1-8-31-9-6-28-7-10-31/h2-5,12,17,28H,1,6-11,13,15-16H2,(H,30,34)/t17-/m0/s1. The van der Waals surface area contributed by atoms with Gasteiger partial charge in [-0.2, -0.15) is 5.26 Å². The summed E-state index contributed by atoms with van der Waals surface area (Å²) in [5, 5.41) is 15.4. The van der Waals surface area contributed by atoms with E-state index < -0.39 is 43.3 Å². The number of nitrogens with one attached hydrogen (secondary N) is 2.